The molecule has 0 saturated carbocycles. The lowest BCUT2D eigenvalue weighted by molar-refractivity contribution is 0.487. The summed E-state index contributed by atoms with van der Waals surface area (Å²) in [5.41, 5.74) is 4.57. The Morgan fingerprint density at radius 1 is 0.889 bits per heavy atom. The second-order valence-corrected chi connectivity index (χ2v) is 4.08. The highest BCUT2D eigenvalue weighted by Gasteiger charge is 2.16. The van der Waals surface area contributed by atoms with Gasteiger partial charge in [0.25, 0.3) is 0 Å². The molecule has 2 heterocycles. The molecule has 0 bridgehead atoms. The number of hydrogen-bond donors (Lipinski definition) is 1. The van der Waals surface area contributed by atoms with Crippen LogP contribution in [0.25, 0.3) is 0 Å². The Bertz CT molecular complexity index is 570. The molecule has 18 heavy (non-hydrogen) atoms. The summed E-state index contributed by atoms with van der Waals surface area (Å²) in [6, 6.07) is 18.1. The van der Waals surface area contributed by atoms with Gasteiger partial charge in [-0.25, -0.2) is 0 Å². The van der Waals surface area contributed by atoms with E-state index in [0.29, 0.717) is 0 Å². The third-order valence-electron chi connectivity index (χ3n) is 2.84. The Morgan fingerprint density at radius 3 is 2.33 bits per heavy atom. The van der Waals surface area contributed by atoms with E-state index in [2.05, 4.69) is 17.6 Å². The highest BCUT2D eigenvalue weighted by molar-refractivity contribution is 5.29. The van der Waals surface area contributed by atoms with Crippen molar-refractivity contribution in [2.45, 2.75) is 6.04 Å². The molecule has 1 N–H and O–H groups in total. The molecule has 0 amide bonds. The quantitative estimate of drug-likeness (QED) is 0.755. The number of rotatable bonds is 4. The second-order valence-electron chi connectivity index (χ2n) is 4.08. The third kappa shape index (κ3) is 2.15. The normalized spacial score (nSPS) is 12.2. The molecule has 0 radical (unpaired) electrons. The van der Waals surface area contributed by atoms with Crippen molar-refractivity contribution in [2.24, 2.45) is 0 Å². The van der Waals surface area contributed by atoms with Crippen LogP contribution in [0.2, 0.25) is 0 Å². The molecule has 3 rings (SSSR count). The zero-order valence-electron chi connectivity index (χ0n) is 9.86. The number of furan rings is 1. The average Bonchev–Trinajstić information content (AvgIpc) is 3.10. The summed E-state index contributed by atoms with van der Waals surface area (Å²) in [7, 11) is 0. The Kier molecular flexibility index (Phi) is 2.88. The van der Waals surface area contributed by atoms with Crippen LogP contribution in [0.5, 0.6) is 0 Å². The summed E-state index contributed by atoms with van der Waals surface area (Å²) >= 11 is 0. The molecule has 0 aliphatic rings. The van der Waals surface area contributed by atoms with Gasteiger partial charge in [-0.3, -0.25) is 4.68 Å². The fraction of sp³-hybridized carbons (Fsp3) is 0.0667. The molecular weight excluding hydrogens is 224 g/mol. The fourth-order valence-electron chi connectivity index (χ4n) is 1.97. The molecular formula is C15H14N2O. The summed E-state index contributed by atoms with van der Waals surface area (Å²) in [6.07, 6.45) is 5.64. The van der Waals surface area contributed by atoms with E-state index in [1.165, 1.54) is 5.56 Å². The van der Waals surface area contributed by atoms with Gasteiger partial charge in [0.15, 0.2) is 0 Å². The first-order valence-electron chi connectivity index (χ1n) is 5.91. The van der Waals surface area contributed by atoms with E-state index in [1.807, 2.05) is 59.5 Å². The highest BCUT2D eigenvalue weighted by Crippen LogP contribution is 2.23. The number of nitrogens with zero attached hydrogens (tertiary/aromatic N) is 1. The Labute approximate surface area is 106 Å². The van der Waals surface area contributed by atoms with Crippen molar-refractivity contribution in [2.75, 3.05) is 5.43 Å². The van der Waals surface area contributed by atoms with Crippen LogP contribution in [0.1, 0.15) is 17.4 Å². The standard InChI is InChI=1S/C15H14N2O/c1-2-7-13(8-3-1)15(14-9-6-12-18-14)16-17-10-4-5-11-17/h1-12,15-16H. The molecule has 0 fully saturated rings. The van der Waals surface area contributed by atoms with Gasteiger partial charge in [-0.05, 0) is 29.8 Å². The van der Waals surface area contributed by atoms with Crippen LogP contribution in [-0.4, -0.2) is 4.68 Å². The van der Waals surface area contributed by atoms with Gasteiger partial charge in [0.2, 0.25) is 0 Å². The van der Waals surface area contributed by atoms with E-state index < -0.39 is 0 Å². The number of nitrogens with one attached hydrogen (secondary N) is 1. The lowest BCUT2D eigenvalue weighted by Crippen LogP contribution is -2.20. The van der Waals surface area contributed by atoms with Crippen LogP contribution in [-0.2, 0) is 0 Å². The molecule has 0 aliphatic carbocycles. The van der Waals surface area contributed by atoms with E-state index in [1.54, 1.807) is 6.26 Å². The SMILES string of the molecule is c1ccc(C(Nn2cccc2)c2ccco2)cc1. The van der Waals surface area contributed by atoms with Crippen LogP contribution < -0.4 is 5.43 Å². The van der Waals surface area contributed by atoms with Crippen LogP contribution in [0.4, 0.5) is 0 Å². The Morgan fingerprint density at radius 2 is 1.67 bits per heavy atom. The summed E-state index contributed by atoms with van der Waals surface area (Å²) in [5, 5.41) is 0. The van der Waals surface area contributed by atoms with E-state index in [4.69, 9.17) is 4.42 Å². The Balaban J connectivity index is 1.94. The van der Waals surface area contributed by atoms with Crippen LogP contribution in [0.15, 0.2) is 77.7 Å². The van der Waals surface area contributed by atoms with Gasteiger partial charge in [-0.15, -0.1) is 0 Å². The van der Waals surface area contributed by atoms with Crippen molar-refractivity contribution in [3.8, 4) is 0 Å². The van der Waals surface area contributed by atoms with Gasteiger partial charge in [0, 0.05) is 12.4 Å². The monoisotopic (exact) mass is 238 g/mol. The smallest absolute Gasteiger partial charge is 0.132 e. The maximum absolute atomic E-state index is 5.52. The van der Waals surface area contributed by atoms with Crippen molar-refractivity contribution >= 4 is 0 Å². The molecule has 1 unspecified atom stereocenters. The second kappa shape index (κ2) is 4.84. The van der Waals surface area contributed by atoms with Crippen LogP contribution in [0, 0.1) is 0 Å². The van der Waals surface area contributed by atoms with Gasteiger partial charge in [-0.2, -0.15) is 0 Å². The zero-order valence-corrected chi connectivity index (χ0v) is 9.86. The molecule has 0 saturated heterocycles. The molecule has 0 spiro atoms. The average molecular weight is 238 g/mol. The first-order valence-corrected chi connectivity index (χ1v) is 5.91. The first kappa shape index (κ1) is 10.7. The van der Waals surface area contributed by atoms with Gasteiger partial charge in [0.1, 0.15) is 11.8 Å². The molecule has 90 valence electrons. The topological polar surface area (TPSA) is 30.1 Å². The van der Waals surface area contributed by atoms with Crippen LogP contribution in [0.3, 0.4) is 0 Å². The number of aromatic nitrogens is 1. The number of hydrogen-bond acceptors (Lipinski definition) is 2. The maximum atomic E-state index is 5.52. The summed E-state index contributed by atoms with van der Waals surface area (Å²) in [4.78, 5) is 0. The predicted molar refractivity (Wildman–Crippen MR) is 70.8 cm³/mol. The van der Waals surface area contributed by atoms with Crippen molar-refractivity contribution < 1.29 is 4.42 Å². The molecule has 1 aromatic carbocycles. The lowest BCUT2D eigenvalue weighted by Gasteiger charge is -2.19. The summed E-state index contributed by atoms with van der Waals surface area (Å²) in [5.74, 6) is 0.898. The van der Waals surface area contributed by atoms with Gasteiger partial charge in [0.05, 0.1) is 6.26 Å². The first-order chi connectivity index (χ1) is 8.93. The highest BCUT2D eigenvalue weighted by atomic mass is 16.3. The molecule has 1 atom stereocenters. The van der Waals surface area contributed by atoms with Gasteiger partial charge in [-0.1, -0.05) is 30.3 Å². The van der Waals surface area contributed by atoms with Crippen molar-refractivity contribution in [3.63, 3.8) is 0 Å². The summed E-state index contributed by atoms with van der Waals surface area (Å²) < 4.78 is 7.45. The summed E-state index contributed by atoms with van der Waals surface area (Å²) in [6.45, 7) is 0. The minimum Gasteiger partial charge on any atom is -0.467 e. The minimum absolute atomic E-state index is 0.00796. The van der Waals surface area contributed by atoms with Crippen molar-refractivity contribution in [1.29, 1.82) is 0 Å². The van der Waals surface area contributed by atoms with Crippen molar-refractivity contribution in [1.82, 2.24) is 4.68 Å². The Hall–Kier alpha value is -2.42. The predicted octanol–water partition coefficient (Wildman–Crippen LogP) is 3.41. The van der Waals surface area contributed by atoms with E-state index >= 15 is 0 Å². The molecule has 3 nitrogen and oxygen atoms in total. The lowest BCUT2D eigenvalue weighted by atomic mass is 10.1. The van der Waals surface area contributed by atoms with E-state index in [0.717, 1.165) is 5.76 Å². The molecule has 3 aromatic rings. The molecule has 0 aliphatic heterocycles. The zero-order chi connectivity index (χ0) is 12.2. The van der Waals surface area contributed by atoms with Gasteiger partial charge >= 0.3 is 0 Å². The maximum Gasteiger partial charge on any atom is 0.132 e. The fourth-order valence-corrected chi connectivity index (χ4v) is 1.97. The number of benzene rings is 1. The third-order valence-corrected chi connectivity index (χ3v) is 2.84. The van der Waals surface area contributed by atoms with E-state index in [9.17, 15) is 0 Å². The largest absolute Gasteiger partial charge is 0.467 e. The van der Waals surface area contributed by atoms with Crippen molar-refractivity contribution in [3.05, 3.63) is 84.6 Å². The minimum atomic E-state index is 0.00796. The van der Waals surface area contributed by atoms with Gasteiger partial charge < -0.3 is 9.84 Å². The molecule has 3 heteroatoms. The molecule has 2 aromatic heterocycles. The van der Waals surface area contributed by atoms with E-state index in [-0.39, 0.29) is 6.04 Å². The van der Waals surface area contributed by atoms with Crippen LogP contribution >= 0.6 is 0 Å².